The highest BCUT2D eigenvalue weighted by Crippen LogP contribution is 2.16. The first kappa shape index (κ1) is 8.62. The zero-order chi connectivity index (χ0) is 8.43. The fourth-order valence-electron chi connectivity index (χ4n) is 0.843. The molecule has 0 bridgehead atoms. The van der Waals surface area contributed by atoms with Crippen LogP contribution >= 0.6 is 15.9 Å². The van der Waals surface area contributed by atoms with E-state index in [1.165, 1.54) is 0 Å². The summed E-state index contributed by atoms with van der Waals surface area (Å²) in [6.07, 6.45) is 0. The summed E-state index contributed by atoms with van der Waals surface area (Å²) in [5.41, 5.74) is 1.73. The van der Waals surface area contributed by atoms with Crippen LogP contribution in [0.25, 0.3) is 0 Å². The van der Waals surface area contributed by atoms with Gasteiger partial charge in [0.1, 0.15) is 6.61 Å². The third kappa shape index (κ3) is 1.75. The summed E-state index contributed by atoms with van der Waals surface area (Å²) in [7, 11) is 0. The highest BCUT2D eigenvalue weighted by Gasteiger charge is 2.03. The number of aromatic nitrogens is 2. The minimum atomic E-state index is -0.102. The van der Waals surface area contributed by atoms with Crippen molar-refractivity contribution in [2.75, 3.05) is 0 Å². The number of rotatable bonds is 1. The Bertz CT molecular complexity index is 252. The number of aryl methyl sites for hydroxylation is 2. The van der Waals surface area contributed by atoms with Crippen molar-refractivity contribution in [1.82, 2.24) is 9.97 Å². The Morgan fingerprint density at radius 3 is 2.09 bits per heavy atom. The van der Waals surface area contributed by atoms with Crippen LogP contribution < -0.4 is 0 Å². The Morgan fingerprint density at radius 1 is 1.27 bits per heavy atom. The molecule has 0 spiro atoms. The monoisotopic (exact) mass is 216 g/mol. The van der Waals surface area contributed by atoms with Crippen LogP contribution in [0.4, 0.5) is 0 Å². The standard InChI is InChI=1S/C7H9BrN2O/c1-4-7(8)5(2)10-6(3-11)9-4/h11H,3H2,1-2H3. The van der Waals surface area contributed by atoms with E-state index in [2.05, 4.69) is 25.9 Å². The van der Waals surface area contributed by atoms with Crippen molar-refractivity contribution in [3.63, 3.8) is 0 Å². The smallest absolute Gasteiger partial charge is 0.154 e. The van der Waals surface area contributed by atoms with Crippen LogP contribution in [0, 0.1) is 13.8 Å². The van der Waals surface area contributed by atoms with Crippen molar-refractivity contribution in [2.24, 2.45) is 0 Å². The number of hydrogen-bond donors (Lipinski definition) is 1. The first-order valence-corrected chi connectivity index (χ1v) is 4.05. The molecular formula is C7H9BrN2O. The molecule has 0 aromatic carbocycles. The van der Waals surface area contributed by atoms with Crippen LogP contribution in [0.15, 0.2) is 4.47 Å². The van der Waals surface area contributed by atoms with Gasteiger partial charge in [-0.15, -0.1) is 0 Å². The van der Waals surface area contributed by atoms with Crippen LogP contribution in [0.3, 0.4) is 0 Å². The molecule has 0 aliphatic rings. The number of halogens is 1. The summed E-state index contributed by atoms with van der Waals surface area (Å²) in [4.78, 5) is 8.09. The molecule has 1 heterocycles. The maximum atomic E-state index is 8.74. The molecule has 0 atom stereocenters. The summed E-state index contributed by atoms with van der Waals surface area (Å²) < 4.78 is 0.912. The molecular weight excluding hydrogens is 208 g/mol. The molecule has 0 radical (unpaired) electrons. The molecule has 4 heteroatoms. The quantitative estimate of drug-likeness (QED) is 0.772. The van der Waals surface area contributed by atoms with Crippen molar-refractivity contribution in [3.05, 3.63) is 21.7 Å². The zero-order valence-electron chi connectivity index (χ0n) is 6.43. The Kier molecular flexibility index (Phi) is 2.57. The minimum Gasteiger partial charge on any atom is -0.388 e. The number of nitrogens with zero attached hydrogens (tertiary/aromatic N) is 2. The average Bonchev–Trinajstić information content (AvgIpc) is 1.99. The van der Waals surface area contributed by atoms with Crippen molar-refractivity contribution in [3.8, 4) is 0 Å². The lowest BCUT2D eigenvalue weighted by Gasteiger charge is -2.02. The third-order valence-electron chi connectivity index (χ3n) is 1.37. The number of aliphatic hydroxyl groups is 1. The molecule has 1 N–H and O–H groups in total. The van der Waals surface area contributed by atoms with Gasteiger partial charge in [0.2, 0.25) is 0 Å². The van der Waals surface area contributed by atoms with E-state index >= 15 is 0 Å². The third-order valence-corrected chi connectivity index (χ3v) is 2.52. The van der Waals surface area contributed by atoms with Gasteiger partial charge < -0.3 is 5.11 Å². The minimum absolute atomic E-state index is 0.102. The lowest BCUT2D eigenvalue weighted by Crippen LogP contribution is -2.00. The van der Waals surface area contributed by atoms with Gasteiger partial charge in [0.05, 0.1) is 15.9 Å². The number of aliphatic hydroxyl groups excluding tert-OH is 1. The molecule has 3 nitrogen and oxygen atoms in total. The predicted octanol–water partition coefficient (Wildman–Crippen LogP) is 1.35. The fourth-order valence-corrected chi connectivity index (χ4v) is 1.02. The van der Waals surface area contributed by atoms with Gasteiger partial charge in [-0.2, -0.15) is 0 Å². The SMILES string of the molecule is Cc1nc(CO)nc(C)c1Br. The summed E-state index contributed by atoms with van der Waals surface area (Å²) in [5.74, 6) is 0.475. The van der Waals surface area contributed by atoms with E-state index in [4.69, 9.17) is 5.11 Å². The molecule has 0 saturated heterocycles. The Hall–Kier alpha value is -0.480. The first-order chi connectivity index (χ1) is 5.15. The second-order valence-corrected chi connectivity index (χ2v) is 3.08. The predicted molar refractivity (Wildman–Crippen MR) is 45.1 cm³/mol. The van der Waals surface area contributed by atoms with Gasteiger partial charge in [-0.1, -0.05) is 0 Å². The molecule has 0 amide bonds. The molecule has 0 aliphatic heterocycles. The second kappa shape index (κ2) is 3.28. The molecule has 0 fully saturated rings. The highest BCUT2D eigenvalue weighted by molar-refractivity contribution is 9.10. The van der Waals surface area contributed by atoms with Crippen LogP contribution in [0.1, 0.15) is 17.2 Å². The Labute approximate surface area is 73.6 Å². The van der Waals surface area contributed by atoms with Gasteiger partial charge in [0.15, 0.2) is 5.82 Å². The van der Waals surface area contributed by atoms with Crippen molar-refractivity contribution in [2.45, 2.75) is 20.5 Å². The van der Waals surface area contributed by atoms with Crippen LogP contribution in [-0.2, 0) is 6.61 Å². The van der Waals surface area contributed by atoms with Crippen LogP contribution in [-0.4, -0.2) is 15.1 Å². The average molecular weight is 217 g/mol. The summed E-state index contributed by atoms with van der Waals surface area (Å²) in [5, 5.41) is 8.74. The summed E-state index contributed by atoms with van der Waals surface area (Å²) in [6.45, 7) is 3.64. The van der Waals surface area contributed by atoms with E-state index in [9.17, 15) is 0 Å². The fraction of sp³-hybridized carbons (Fsp3) is 0.429. The van der Waals surface area contributed by atoms with E-state index in [1.807, 2.05) is 13.8 Å². The van der Waals surface area contributed by atoms with Crippen LogP contribution in [0.2, 0.25) is 0 Å². The topological polar surface area (TPSA) is 46.0 Å². The van der Waals surface area contributed by atoms with Crippen molar-refractivity contribution in [1.29, 1.82) is 0 Å². The zero-order valence-corrected chi connectivity index (χ0v) is 8.01. The molecule has 0 saturated carbocycles. The maximum Gasteiger partial charge on any atom is 0.154 e. The molecule has 0 aliphatic carbocycles. The first-order valence-electron chi connectivity index (χ1n) is 3.25. The van der Waals surface area contributed by atoms with Crippen molar-refractivity contribution >= 4 is 15.9 Å². The maximum absolute atomic E-state index is 8.74. The van der Waals surface area contributed by atoms with Gasteiger partial charge in [0, 0.05) is 0 Å². The molecule has 11 heavy (non-hydrogen) atoms. The van der Waals surface area contributed by atoms with Crippen molar-refractivity contribution < 1.29 is 5.11 Å². The van der Waals surface area contributed by atoms with Gasteiger partial charge in [0.25, 0.3) is 0 Å². The summed E-state index contributed by atoms with van der Waals surface area (Å²) in [6, 6.07) is 0. The second-order valence-electron chi connectivity index (χ2n) is 2.28. The molecule has 1 rings (SSSR count). The van der Waals surface area contributed by atoms with E-state index in [0.29, 0.717) is 5.82 Å². The normalized spacial score (nSPS) is 10.2. The van der Waals surface area contributed by atoms with E-state index in [1.54, 1.807) is 0 Å². The Morgan fingerprint density at radius 2 is 1.73 bits per heavy atom. The number of hydrogen-bond acceptors (Lipinski definition) is 3. The van der Waals surface area contributed by atoms with Gasteiger partial charge >= 0.3 is 0 Å². The lowest BCUT2D eigenvalue weighted by atomic mass is 10.3. The van der Waals surface area contributed by atoms with E-state index in [-0.39, 0.29) is 6.61 Å². The van der Waals surface area contributed by atoms with Gasteiger partial charge in [-0.3, -0.25) is 0 Å². The van der Waals surface area contributed by atoms with Gasteiger partial charge in [-0.25, -0.2) is 9.97 Å². The largest absolute Gasteiger partial charge is 0.388 e. The van der Waals surface area contributed by atoms with E-state index in [0.717, 1.165) is 15.9 Å². The lowest BCUT2D eigenvalue weighted by molar-refractivity contribution is 0.270. The van der Waals surface area contributed by atoms with Gasteiger partial charge in [-0.05, 0) is 29.8 Å². The summed E-state index contributed by atoms with van der Waals surface area (Å²) >= 11 is 3.34. The van der Waals surface area contributed by atoms with E-state index < -0.39 is 0 Å². The Balaban J connectivity index is 3.21. The molecule has 1 aromatic heterocycles. The van der Waals surface area contributed by atoms with Crippen LogP contribution in [0.5, 0.6) is 0 Å². The molecule has 1 aromatic rings. The molecule has 0 unspecified atom stereocenters. The molecule has 60 valence electrons. The highest BCUT2D eigenvalue weighted by atomic mass is 79.9.